The number of nitrogens with one attached hydrogen (secondary N) is 1. The van der Waals surface area contributed by atoms with Crippen LogP contribution < -0.4 is 11.1 Å². The van der Waals surface area contributed by atoms with Crippen LogP contribution in [0.1, 0.15) is 26.0 Å². The van der Waals surface area contributed by atoms with Gasteiger partial charge in [-0.05, 0) is 33.0 Å². The second-order valence-electron chi connectivity index (χ2n) is 4.81. The van der Waals surface area contributed by atoms with Gasteiger partial charge in [-0.1, -0.05) is 0 Å². The average Bonchev–Trinajstić information content (AvgIpc) is 2.77. The molecule has 5 nitrogen and oxygen atoms in total. The summed E-state index contributed by atoms with van der Waals surface area (Å²) < 4.78 is 5.29. The highest BCUT2D eigenvalue weighted by atomic mass is 16.3. The monoisotopic (exact) mass is 253 g/mol. The summed E-state index contributed by atoms with van der Waals surface area (Å²) >= 11 is 0. The van der Waals surface area contributed by atoms with E-state index in [0.717, 1.165) is 5.76 Å². The molecule has 0 aliphatic heterocycles. The van der Waals surface area contributed by atoms with E-state index in [1.54, 1.807) is 6.26 Å². The lowest BCUT2D eigenvalue weighted by Gasteiger charge is -2.26. The Hall–Kier alpha value is -1.33. The Morgan fingerprint density at radius 2 is 2.28 bits per heavy atom. The summed E-state index contributed by atoms with van der Waals surface area (Å²) in [5.74, 6) is 0.909. The van der Waals surface area contributed by atoms with E-state index in [4.69, 9.17) is 10.2 Å². The standard InChI is InChI=1S/C13H23N3O2/c1-10(2)15-13(17)7-11(8-14)16(3)9-12-5-4-6-18-12/h4-6,10-11H,7-9,14H2,1-3H3,(H,15,17). The van der Waals surface area contributed by atoms with Crippen LogP contribution in [0.4, 0.5) is 0 Å². The highest BCUT2D eigenvalue weighted by molar-refractivity contribution is 5.76. The van der Waals surface area contributed by atoms with Crippen molar-refractivity contribution in [2.75, 3.05) is 13.6 Å². The summed E-state index contributed by atoms with van der Waals surface area (Å²) in [5, 5.41) is 2.88. The predicted molar refractivity (Wildman–Crippen MR) is 70.9 cm³/mol. The fourth-order valence-electron chi connectivity index (χ4n) is 1.79. The summed E-state index contributed by atoms with van der Waals surface area (Å²) in [7, 11) is 1.95. The number of likely N-dealkylation sites (N-methyl/N-ethyl adjacent to an activating group) is 1. The SMILES string of the molecule is CC(C)NC(=O)CC(CN)N(C)Cc1ccco1. The van der Waals surface area contributed by atoms with E-state index in [2.05, 4.69) is 5.32 Å². The van der Waals surface area contributed by atoms with Crippen molar-refractivity contribution in [2.45, 2.75) is 38.9 Å². The van der Waals surface area contributed by atoms with Crippen LogP contribution in [0, 0.1) is 0 Å². The van der Waals surface area contributed by atoms with Gasteiger partial charge in [-0.2, -0.15) is 0 Å². The zero-order valence-electron chi connectivity index (χ0n) is 11.3. The van der Waals surface area contributed by atoms with E-state index in [-0.39, 0.29) is 18.0 Å². The van der Waals surface area contributed by atoms with Crippen molar-refractivity contribution in [3.63, 3.8) is 0 Å². The summed E-state index contributed by atoms with van der Waals surface area (Å²) in [4.78, 5) is 13.8. The Kier molecular flexibility index (Phi) is 5.88. The van der Waals surface area contributed by atoms with Gasteiger partial charge in [0.1, 0.15) is 5.76 Å². The van der Waals surface area contributed by atoms with Crippen molar-refractivity contribution in [1.82, 2.24) is 10.2 Å². The molecule has 102 valence electrons. The number of furan rings is 1. The molecular weight excluding hydrogens is 230 g/mol. The van der Waals surface area contributed by atoms with Crippen LogP contribution in [-0.2, 0) is 11.3 Å². The van der Waals surface area contributed by atoms with Gasteiger partial charge in [0, 0.05) is 25.0 Å². The fraction of sp³-hybridized carbons (Fsp3) is 0.615. The molecule has 0 spiro atoms. The first kappa shape index (κ1) is 14.7. The minimum absolute atomic E-state index is 0.0221. The van der Waals surface area contributed by atoms with Crippen LogP contribution in [0.25, 0.3) is 0 Å². The molecule has 0 saturated heterocycles. The lowest BCUT2D eigenvalue weighted by molar-refractivity contribution is -0.122. The predicted octanol–water partition coefficient (Wildman–Crippen LogP) is 0.953. The Balaban J connectivity index is 2.46. The number of amides is 1. The number of nitrogens with zero attached hydrogens (tertiary/aromatic N) is 1. The van der Waals surface area contributed by atoms with Gasteiger partial charge in [0.25, 0.3) is 0 Å². The zero-order valence-corrected chi connectivity index (χ0v) is 11.3. The first-order valence-electron chi connectivity index (χ1n) is 6.25. The van der Waals surface area contributed by atoms with Crippen LogP contribution in [0.15, 0.2) is 22.8 Å². The summed E-state index contributed by atoms with van der Waals surface area (Å²) in [6.07, 6.45) is 2.05. The third-order valence-corrected chi connectivity index (χ3v) is 2.75. The molecule has 1 rings (SSSR count). The number of carbonyl (C=O) groups is 1. The van der Waals surface area contributed by atoms with Crippen LogP contribution >= 0.6 is 0 Å². The number of hydrogen-bond acceptors (Lipinski definition) is 4. The lowest BCUT2D eigenvalue weighted by Crippen LogP contribution is -2.42. The smallest absolute Gasteiger partial charge is 0.221 e. The van der Waals surface area contributed by atoms with Gasteiger partial charge >= 0.3 is 0 Å². The maximum atomic E-state index is 11.7. The van der Waals surface area contributed by atoms with Gasteiger partial charge in [0.05, 0.1) is 12.8 Å². The maximum absolute atomic E-state index is 11.7. The molecule has 0 aromatic carbocycles. The fourth-order valence-corrected chi connectivity index (χ4v) is 1.79. The Bertz CT molecular complexity index is 349. The van der Waals surface area contributed by atoms with Gasteiger partial charge in [0.2, 0.25) is 5.91 Å². The first-order valence-corrected chi connectivity index (χ1v) is 6.25. The molecule has 1 heterocycles. The lowest BCUT2D eigenvalue weighted by atomic mass is 10.1. The summed E-state index contributed by atoms with van der Waals surface area (Å²) in [5.41, 5.74) is 5.73. The average molecular weight is 253 g/mol. The third kappa shape index (κ3) is 4.89. The van der Waals surface area contributed by atoms with Crippen molar-refractivity contribution in [2.24, 2.45) is 5.73 Å². The molecule has 18 heavy (non-hydrogen) atoms. The molecule has 0 aliphatic carbocycles. The second-order valence-corrected chi connectivity index (χ2v) is 4.81. The summed E-state index contributed by atoms with van der Waals surface area (Å²) in [6.45, 7) is 5.00. The number of nitrogens with two attached hydrogens (primary N) is 1. The number of carbonyl (C=O) groups excluding carboxylic acids is 1. The van der Waals surface area contributed by atoms with Gasteiger partial charge in [-0.15, -0.1) is 0 Å². The minimum Gasteiger partial charge on any atom is -0.468 e. The molecule has 0 radical (unpaired) electrons. The van der Waals surface area contributed by atoms with Crippen LogP contribution in [0.3, 0.4) is 0 Å². The molecule has 1 aromatic heterocycles. The van der Waals surface area contributed by atoms with Gasteiger partial charge in [-0.25, -0.2) is 0 Å². The van der Waals surface area contributed by atoms with Gasteiger partial charge in [-0.3, -0.25) is 9.69 Å². The van der Waals surface area contributed by atoms with Crippen molar-refractivity contribution >= 4 is 5.91 Å². The van der Waals surface area contributed by atoms with Crippen LogP contribution in [-0.4, -0.2) is 36.5 Å². The normalized spacial score (nSPS) is 13.0. The molecule has 0 bridgehead atoms. The molecule has 1 atom stereocenters. The van der Waals surface area contributed by atoms with E-state index in [0.29, 0.717) is 19.5 Å². The number of hydrogen-bond donors (Lipinski definition) is 2. The molecule has 3 N–H and O–H groups in total. The Morgan fingerprint density at radius 3 is 2.78 bits per heavy atom. The molecule has 0 aliphatic rings. The summed E-state index contributed by atoms with van der Waals surface area (Å²) in [6, 6.07) is 3.95. The molecule has 1 unspecified atom stereocenters. The molecule has 0 saturated carbocycles. The largest absolute Gasteiger partial charge is 0.468 e. The second kappa shape index (κ2) is 7.18. The number of rotatable bonds is 7. The molecule has 1 amide bonds. The van der Waals surface area contributed by atoms with Gasteiger partial charge in [0.15, 0.2) is 0 Å². The van der Waals surface area contributed by atoms with Crippen LogP contribution in [0.2, 0.25) is 0 Å². The molecule has 5 heteroatoms. The van der Waals surface area contributed by atoms with Crippen molar-refractivity contribution < 1.29 is 9.21 Å². The van der Waals surface area contributed by atoms with E-state index >= 15 is 0 Å². The zero-order chi connectivity index (χ0) is 13.5. The Morgan fingerprint density at radius 1 is 1.56 bits per heavy atom. The van der Waals surface area contributed by atoms with E-state index in [9.17, 15) is 4.79 Å². The van der Waals surface area contributed by atoms with E-state index < -0.39 is 0 Å². The van der Waals surface area contributed by atoms with Crippen molar-refractivity contribution in [3.8, 4) is 0 Å². The quantitative estimate of drug-likeness (QED) is 0.759. The highest BCUT2D eigenvalue weighted by Crippen LogP contribution is 2.08. The topological polar surface area (TPSA) is 71.5 Å². The maximum Gasteiger partial charge on any atom is 0.221 e. The highest BCUT2D eigenvalue weighted by Gasteiger charge is 2.18. The molecule has 1 aromatic rings. The van der Waals surface area contributed by atoms with Crippen LogP contribution in [0.5, 0.6) is 0 Å². The molecular formula is C13H23N3O2. The van der Waals surface area contributed by atoms with E-state index in [1.165, 1.54) is 0 Å². The minimum atomic E-state index is 0.0221. The Labute approximate surface area is 108 Å². The van der Waals surface area contributed by atoms with Crippen molar-refractivity contribution in [1.29, 1.82) is 0 Å². The van der Waals surface area contributed by atoms with E-state index in [1.807, 2.05) is 37.9 Å². The first-order chi connectivity index (χ1) is 8.52. The van der Waals surface area contributed by atoms with Gasteiger partial charge < -0.3 is 15.5 Å². The van der Waals surface area contributed by atoms with Crippen molar-refractivity contribution in [3.05, 3.63) is 24.2 Å². The third-order valence-electron chi connectivity index (χ3n) is 2.75. The molecule has 0 fully saturated rings.